The minimum Gasteiger partial charge on any atom is -0.463 e. The van der Waals surface area contributed by atoms with Crippen LogP contribution in [-0.2, 0) is 26.3 Å². The maximum atomic E-state index is 14.4. The minimum absolute atomic E-state index is 0.0127. The summed E-state index contributed by atoms with van der Waals surface area (Å²) in [5.41, 5.74) is 4.58. The molecule has 246 valence electrons. The van der Waals surface area contributed by atoms with Gasteiger partial charge in [0.05, 0.1) is 24.8 Å². The van der Waals surface area contributed by atoms with E-state index in [4.69, 9.17) is 32.8 Å². The van der Waals surface area contributed by atoms with Crippen LogP contribution in [0.25, 0.3) is 0 Å². The molecule has 2 aliphatic rings. The zero-order valence-corrected chi connectivity index (χ0v) is 28.0. The second-order valence-corrected chi connectivity index (χ2v) is 14.8. The molecule has 1 aliphatic heterocycles. The molecule has 0 spiro atoms. The number of halogens is 2. The number of carbonyl (C=O) groups excluding carboxylic acids is 2. The highest BCUT2D eigenvalue weighted by Crippen LogP contribution is 2.48. The maximum Gasteiger partial charge on any atom is 0.255 e. The second kappa shape index (κ2) is 13.9. The highest BCUT2D eigenvalue weighted by molar-refractivity contribution is 7.88. The number of hydroxylamine groups is 1. The number of sulfonamides is 1. The first-order chi connectivity index (χ1) is 21.7. The van der Waals surface area contributed by atoms with Gasteiger partial charge in [-0.25, -0.2) is 18.6 Å². The van der Waals surface area contributed by atoms with Crippen molar-refractivity contribution in [3.05, 3.63) is 99.0 Å². The van der Waals surface area contributed by atoms with Crippen LogP contribution in [0.4, 0.5) is 0 Å². The third kappa shape index (κ3) is 8.02. The van der Waals surface area contributed by atoms with Gasteiger partial charge in [-0.1, -0.05) is 72.4 Å². The number of rotatable bonds is 10. The van der Waals surface area contributed by atoms with E-state index in [9.17, 15) is 23.1 Å². The summed E-state index contributed by atoms with van der Waals surface area (Å²) >= 11 is 13.0. The molecule has 0 aromatic heterocycles. The van der Waals surface area contributed by atoms with E-state index >= 15 is 0 Å². The van der Waals surface area contributed by atoms with Crippen LogP contribution in [-0.4, -0.2) is 54.4 Å². The summed E-state index contributed by atoms with van der Waals surface area (Å²) < 4.78 is 33.0. The van der Waals surface area contributed by atoms with Crippen LogP contribution >= 0.6 is 23.2 Å². The molecule has 0 radical (unpaired) electrons. The molecule has 5 rings (SSSR count). The van der Waals surface area contributed by atoms with Gasteiger partial charge < -0.3 is 14.7 Å². The summed E-state index contributed by atoms with van der Waals surface area (Å²) in [5, 5.41) is 10.7. The fourth-order valence-corrected chi connectivity index (χ4v) is 7.71. The van der Waals surface area contributed by atoms with Gasteiger partial charge in [0.25, 0.3) is 11.8 Å². The molecule has 3 aromatic carbocycles. The molecule has 3 N–H and O–H groups in total. The van der Waals surface area contributed by atoms with Crippen LogP contribution < -0.4 is 14.9 Å². The first kappa shape index (κ1) is 34.2. The predicted molar refractivity (Wildman–Crippen MR) is 175 cm³/mol. The molecular formula is C33H37Cl2N3O7S. The van der Waals surface area contributed by atoms with Crippen molar-refractivity contribution in [3.63, 3.8) is 0 Å². The SMILES string of the molecule is CC(C)(O)Oc1cccc(CONC(=O)[C@@H]2c3ccccc3C(=O)N([C@H]3CCCC[C@@H]3NS(C)(=O)=O)[C@H]2c2ccc(Cl)cc2Cl)c1. The van der Waals surface area contributed by atoms with Crippen LogP contribution in [0.2, 0.25) is 10.0 Å². The number of benzene rings is 3. The van der Waals surface area contributed by atoms with Crippen LogP contribution in [0.5, 0.6) is 5.75 Å². The lowest BCUT2D eigenvalue weighted by Gasteiger charge is -2.49. The lowest BCUT2D eigenvalue weighted by molar-refractivity contribution is -0.138. The van der Waals surface area contributed by atoms with Gasteiger partial charge in [-0.2, -0.15) is 0 Å². The van der Waals surface area contributed by atoms with Gasteiger partial charge in [-0.05, 0) is 59.9 Å². The Hall–Kier alpha value is -3.19. The summed E-state index contributed by atoms with van der Waals surface area (Å²) in [5.74, 6) is -2.77. The molecule has 0 saturated heterocycles. The van der Waals surface area contributed by atoms with Gasteiger partial charge in [0.15, 0.2) is 0 Å². The van der Waals surface area contributed by atoms with E-state index in [0.29, 0.717) is 45.9 Å². The Morgan fingerprint density at radius 1 is 1.02 bits per heavy atom. The van der Waals surface area contributed by atoms with Crippen molar-refractivity contribution in [1.29, 1.82) is 0 Å². The molecule has 1 aliphatic carbocycles. The summed E-state index contributed by atoms with van der Waals surface area (Å²) in [6.45, 7) is 3.02. The lowest BCUT2D eigenvalue weighted by Crippen LogP contribution is -2.59. The van der Waals surface area contributed by atoms with Gasteiger partial charge in [-0.3, -0.25) is 14.4 Å². The van der Waals surface area contributed by atoms with E-state index in [1.54, 1.807) is 71.6 Å². The van der Waals surface area contributed by atoms with Gasteiger partial charge in [0.1, 0.15) is 5.75 Å². The van der Waals surface area contributed by atoms with Crippen LogP contribution in [0.3, 0.4) is 0 Å². The van der Waals surface area contributed by atoms with Crippen molar-refractivity contribution in [3.8, 4) is 5.75 Å². The quantitative estimate of drug-likeness (QED) is 0.189. The number of fused-ring (bicyclic) bond motifs is 1. The predicted octanol–water partition coefficient (Wildman–Crippen LogP) is 5.49. The monoisotopic (exact) mass is 689 g/mol. The summed E-state index contributed by atoms with van der Waals surface area (Å²) in [4.78, 5) is 35.9. The topological polar surface area (TPSA) is 134 Å². The Kier molecular flexibility index (Phi) is 10.3. The zero-order chi connectivity index (χ0) is 33.2. The Balaban J connectivity index is 1.53. The minimum atomic E-state index is -3.60. The van der Waals surface area contributed by atoms with Crippen molar-refractivity contribution < 1.29 is 32.7 Å². The number of ether oxygens (including phenoxy) is 1. The van der Waals surface area contributed by atoms with Gasteiger partial charge >= 0.3 is 0 Å². The van der Waals surface area contributed by atoms with Gasteiger partial charge in [0, 0.05) is 41.5 Å². The Labute approximate surface area is 279 Å². The van der Waals surface area contributed by atoms with Crippen LogP contribution in [0.1, 0.15) is 78.5 Å². The summed E-state index contributed by atoms with van der Waals surface area (Å²) in [6, 6.07) is 16.7. The van der Waals surface area contributed by atoms with E-state index in [-0.39, 0.29) is 17.5 Å². The molecule has 13 heteroatoms. The molecular weight excluding hydrogens is 653 g/mol. The highest BCUT2D eigenvalue weighted by atomic mass is 35.5. The van der Waals surface area contributed by atoms with Crippen LogP contribution in [0, 0.1) is 0 Å². The second-order valence-electron chi connectivity index (χ2n) is 12.2. The van der Waals surface area contributed by atoms with Crippen molar-refractivity contribution in [2.45, 2.75) is 76.0 Å². The molecule has 1 saturated carbocycles. The zero-order valence-electron chi connectivity index (χ0n) is 25.7. The number of nitrogens with zero attached hydrogens (tertiary/aromatic N) is 1. The Morgan fingerprint density at radius 2 is 1.76 bits per heavy atom. The number of hydrogen-bond acceptors (Lipinski definition) is 7. The molecule has 2 amide bonds. The lowest BCUT2D eigenvalue weighted by atomic mass is 9.76. The van der Waals surface area contributed by atoms with E-state index in [0.717, 1.165) is 19.1 Å². The van der Waals surface area contributed by atoms with Crippen molar-refractivity contribution in [1.82, 2.24) is 15.1 Å². The third-order valence-electron chi connectivity index (χ3n) is 8.07. The largest absolute Gasteiger partial charge is 0.463 e. The smallest absolute Gasteiger partial charge is 0.255 e. The normalized spacial score (nSPS) is 21.9. The Bertz CT molecular complexity index is 1710. The standard InChI is InChI=1S/C33H37Cl2N3O7S/c1-33(2,41)45-22-10-8-9-20(17-22)19-44-36-31(39)29-23-11-4-5-12-24(23)32(40)38(30(29)25-16-15-21(34)18-26(25)35)28-14-7-6-13-27(28)37-46(3,42)43/h4-5,8-12,15-18,27-30,37,41H,6-7,13-14,19H2,1-3H3,(H,36,39)/t27-,28-,29+,30-/m0/s1. The number of nitrogens with one attached hydrogen (secondary N) is 2. The molecule has 3 aromatic rings. The van der Waals surface area contributed by atoms with E-state index in [1.807, 2.05) is 0 Å². The highest BCUT2D eigenvalue weighted by Gasteiger charge is 2.49. The molecule has 46 heavy (non-hydrogen) atoms. The van der Waals surface area contributed by atoms with Gasteiger partial charge in [0.2, 0.25) is 15.8 Å². The van der Waals surface area contributed by atoms with Gasteiger partial charge in [-0.15, -0.1) is 0 Å². The van der Waals surface area contributed by atoms with E-state index in [1.165, 1.54) is 13.8 Å². The first-order valence-corrected chi connectivity index (χ1v) is 17.6. The number of aliphatic hydroxyl groups is 1. The first-order valence-electron chi connectivity index (χ1n) is 15.0. The van der Waals surface area contributed by atoms with Crippen LogP contribution in [0.15, 0.2) is 66.7 Å². The number of carbonyl (C=O) groups is 2. The van der Waals surface area contributed by atoms with E-state index < -0.39 is 45.8 Å². The summed E-state index contributed by atoms with van der Waals surface area (Å²) in [6.07, 6.45) is 3.71. The fourth-order valence-electron chi connectivity index (χ4n) is 6.37. The van der Waals surface area contributed by atoms with Crippen molar-refractivity contribution in [2.75, 3.05) is 6.26 Å². The number of hydrogen-bond donors (Lipinski definition) is 3. The molecule has 0 bridgehead atoms. The van der Waals surface area contributed by atoms with Crippen molar-refractivity contribution in [2.24, 2.45) is 0 Å². The average molecular weight is 691 g/mol. The molecule has 10 nitrogen and oxygen atoms in total. The molecule has 1 heterocycles. The van der Waals surface area contributed by atoms with Crippen molar-refractivity contribution >= 4 is 45.0 Å². The van der Waals surface area contributed by atoms with E-state index in [2.05, 4.69) is 10.2 Å². The maximum absolute atomic E-state index is 14.4. The Morgan fingerprint density at radius 3 is 2.48 bits per heavy atom. The molecule has 1 fully saturated rings. The fraction of sp³-hybridized carbons (Fsp3) is 0.394. The third-order valence-corrected chi connectivity index (χ3v) is 9.36. The number of amides is 2. The molecule has 4 atom stereocenters. The molecule has 0 unspecified atom stereocenters. The summed E-state index contributed by atoms with van der Waals surface area (Å²) in [7, 11) is -3.60. The average Bonchev–Trinajstić information content (AvgIpc) is 2.96.